The van der Waals surface area contributed by atoms with E-state index in [1.165, 1.54) is 55.9 Å². The summed E-state index contributed by atoms with van der Waals surface area (Å²) in [6.07, 6.45) is 0. The summed E-state index contributed by atoms with van der Waals surface area (Å²) in [6.45, 7) is 0. The van der Waals surface area contributed by atoms with E-state index < -0.39 is 5.41 Å². The van der Waals surface area contributed by atoms with Crippen LogP contribution in [0.25, 0.3) is 22.3 Å². The third kappa shape index (κ3) is 4.43. The van der Waals surface area contributed by atoms with Crippen molar-refractivity contribution < 1.29 is 0 Å². The van der Waals surface area contributed by atoms with Crippen LogP contribution in [0, 0.1) is 0 Å². The first-order valence-corrected chi connectivity index (χ1v) is 17.6. The Labute approximate surface area is 299 Å². The SMILES string of the molecule is c1ccc(-c2ccc(N(c3ccccc3)c3ccc(N4c5ccccc5C5(c6ccccc6-c6ccccc65)c5ccccc54)cc3)cc2)cc1. The van der Waals surface area contributed by atoms with E-state index in [0.29, 0.717) is 0 Å². The van der Waals surface area contributed by atoms with Crippen LogP contribution in [0.4, 0.5) is 34.1 Å². The molecule has 1 aliphatic carbocycles. The molecule has 0 fully saturated rings. The maximum absolute atomic E-state index is 2.45. The molecular weight excluding hydrogens is 617 g/mol. The molecule has 8 aromatic carbocycles. The number of hydrogen-bond acceptors (Lipinski definition) is 2. The molecule has 1 heterocycles. The van der Waals surface area contributed by atoms with Gasteiger partial charge in [0.15, 0.2) is 0 Å². The van der Waals surface area contributed by atoms with Gasteiger partial charge in [-0.2, -0.15) is 0 Å². The molecule has 2 heteroatoms. The number of rotatable bonds is 5. The van der Waals surface area contributed by atoms with Crippen LogP contribution in [0.3, 0.4) is 0 Å². The average Bonchev–Trinajstić information content (AvgIpc) is 3.50. The Hall–Kier alpha value is -6.64. The number of hydrogen-bond donors (Lipinski definition) is 0. The first-order chi connectivity index (χ1) is 25.3. The molecule has 0 saturated heterocycles. The van der Waals surface area contributed by atoms with Gasteiger partial charge >= 0.3 is 0 Å². The van der Waals surface area contributed by atoms with Crippen molar-refractivity contribution in [2.24, 2.45) is 0 Å². The van der Waals surface area contributed by atoms with E-state index in [9.17, 15) is 0 Å². The van der Waals surface area contributed by atoms with Gasteiger partial charge in [-0.05, 0) is 105 Å². The average molecular weight is 651 g/mol. The molecule has 0 atom stereocenters. The van der Waals surface area contributed by atoms with Gasteiger partial charge < -0.3 is 9.80 Å². The van der Waals surface area contributed by atoms with Crippen molar-refractivity contribution in [2.45, 2.75) is 5.41 Å². The van der Waals surface area contributed by atoms with Crippen molar-refractivity contribution in [2.75, 3.05) is 9.80 Å². The molecule has 0 aromatic heterocycles. The summed E-state index contributed by atoms with van der Waals surface area (Å²) in [5.74, 6) is 0. The molecule has 1 spiro atoms. The van der Waals surface area contributed by atoms with Gasteiger partial charge in [0.05, 0.1) is 16.8 Å². The first-order valence-electron chi connectivity index (χ1n) is 17.6. The van der Waals surface area contributed by atoms with Crippen molar-refractivity contribution in [3.05, 3.63) is 229 Å². The Morgan fingerprint density at radius 1 is 0.314 bits per heavy atom. The largest absolute Gasteiger partial charge is 0.311 e. The van der Waals surface area contributed by atoms with Gasteiger partial charge in [0.2, 0.25) is 0 Å². The van der Waals surface area contributed by atoms with E-state index in [1.807, 2.05) is 0 Å². The van der Waals surface area contributed by atoms with Crippen LogP contribution in [0.15, 0.2) is 206 Å². The highest BCUT2D eigenvalue weighted by molar-refractivity contribution is 5.96. The van der Waals surface area contributed by atoms with Crippen LogP contribution in [-0.2, 0) is 5.41 Å². The fraction of sp³-hybridized carbons (Fsp3) is 0.0204. The monoisotopic (exact) mass is 650 g/mol. The normalized spacial score (nSPS) is 13.2. The second-order valence-electron chi connectivity index (χ2n) is 13.3. The highest BCUT2D eigenvalue weighted by Crippen LogP contribution is 2.63. The molecule has 0 bridgehead atoms. The standard InChI is InChI=1S/C49H34N2/c1-3-15-35(16-4-1)36-27-29-38(30-28-36)50(37-17-5-2-6-18-37)39-31-33-40(34-32-39)51-47-25-13-11-23-45(47)49(46-24-12-14-26-48(46)51)43-21-9-7-19-41(43)42-20-8-10-22-44(42)49/h1-34H. The predicted octanol–water partition coefficient (Wildman–Crippen LogP) is 13.0. The van der Waals surface area contributed by atoms with Gasteiger partial charge in [0, 0.05) is 22.7 Å². The van der Waals surface area contributed by atoms with E-state index in [4.69, 9.17) is 0 Å². The zero-order chi connectivity index (χ0) is 33.8. The molecule has 0 amide bonds. The topological polar surface area (TPSA) is 6.48 Å². The molecule has 51 heavy (non-hydrogen) atoms. The summed E-state index contributed by atoms with van der Waals surface area (Å²) in [5.41, 5.74) is 16.8. The van der Waals surface area contributed by atoms with E-state index >= 15 is 0 Å². The van der Waals surface area contributed by atoms with Crippen molar-refractivity contribution in [3.63, 3.8) is 0 Å². The minimum Gasteiger partial charge on any atom is -0.311 e. The third-order valence-electron chi connectivity index (χ3n) is 10.7. The van der Waals surface area contributed by atoms with Crippen molar-refractivity contribution in [3.8, 4) is 22.3 Å². The highest BCUT2D eigenvalue weighted by Gasteiger charge is 2.51. The molecule has 1 aliphatic heterocycles. The minimum atomic E-state index is -0.410. The second-order valence-corrected chi connectivity index (χ2v) is 13.3. The maximum atomic E-state index is 2.45. The van der Waals surface area contributed by atoms with Crippen LogP contribution < -0.4 is 9.80 Å². The highest BCUT2D eigenvalue weighted by atomic mass is 15.2. The smallest absolute Gasteiger partial charge is 0.0754 e. The molecule has 0 radical (unpaired) electrons. The van der Waals surface area contributed by atoms with Crippen LogP contribution in [0.1, 0.15) is 22.3 Å². The Balaban J connectivity index is 1.11. The van der Waals surface area contributed by atoms with Gasteiger partial charge in [0.25, 0.3) is 0 Å². The number of anilines is 6. The van der Waals surface area contributed by atoms with Gasteiger partial charge in [-0.15, -0.1) is 0 Å². The summed E-state index contributed by atoms with van der Waals surface area (Å²) in [4.78, 5) is 4.78. The lowest BCUT2D eigenvalue weighted by atomic mass is 9.64. The summed E-state index contributed by atoms with van der Waals surface area (Å²) >= 11 is 0. The van der Waals surface area contributed by atoms with Gasteiger partial charge in [0.1, 0.15) is 0 Å². The summed E-state index contributed by atoms with van der Waals surface area (Å²) in [6, 6.07) is 75.0. The first kappa shape index (κ1) is 29.3. The number of para-hydroxylation sites is 3. The van der Waals surface area contributed by atoms with E-state index in [0.717, 1.165) is 22.7 Å². The van der Waals surface area contributed by atoms with Crippen LogP contribution in [0.2, 0.25) is 0 Å². The molecule has 240 valence electrons. The molecular formula is C49H34N2. The quantitative estimate of drug-likeness (QED) is 0.183. The molecule has 10 rings (SSSR count). The predicted molar refractivity (Wildman–Crippen MR) is 212 cm³/mol. The Kier molecular flexibility index (Phi) is 6.75. The Morgan fingerprint density at radius 2 is 0.706 bits per heavy atom. The molecule has 0 unspecified atom stereocenters. The van der Waals surface area contributed by atoms with E-state index in [1.54, 1.807) is 0 Å². The zero-order valence-electron chi connectivity index (χ0n) is 28.0. The fourth-order valence-corrected chi connectivity index (χ4v) is 8.55. The molecule has 2 aliphatic rings. The molecule has 8 aromatic rings. The summed E-state index contributed by atoms with van der Waals surface area (Å²) in [5, 5.41) is 0. The molecule has 0 N–H and O–H groups in total. The van der Waals surface area contributed by atoms with Crippen molar-refractivity contribution in [1.29, 1.82) is 0 Å². The lowest BCUT2D eigenvalue weighted by Crippen LogP contribution is -2.36. The number of nitrogens with zero attached hydrogens (tertiary/aromatic N) is 2. The van der Waals surface area contributed by atoms with Crippen molar-refractivity contribution in [1.82, 2.24) is 0 Å². The maximum Gasteiger partial charge on any atom is 0.0754 e. The Bertz CT molecular complexity index is 2420. The lowest BCUT2D eigenvalue weighted by molar-refractivity contribution is 0.752. The van der Waals surface area contributed by atoms with Gasteiger partial charge in [-0.3, -0.25) is 0 Å². The third-order valence-corrected chi connectivity index (χ3v) is 10.7. The van der Waals surface area contributed by atoms with Gasteiger partial charge in [-0.1, -0.05) is 146 Å². The second kappa shape index (κ2) is 11.8. The fourth-order valence-electron chi connectivity index (χ4n) is 8.55. The summed E-state index contributed by atoms with van der Waals surface area (Å²) < 4.78 is 0. The molecule has 0 saturated carbocycles. The number of fused-ring (bicyclic) bond motifs is 9. The van der Waals surface area contributed by atoms with E-state index in [2.05, 4.69) is 216 Å². The van der Waals surface area contributed by atoms with E-state index in [-0.39, 0.29) is 0 Å². The molecule has 2 nitrogen and oxygen atoms in total. The van der Waals surface area contributed by atoms with Gasteiger partial charge in [-0.25, -0.2) is 0 Å². The Morgan fingerprint density at radius 3 is 1.25 bits per heavy atom. The minimum absolute atomic E-state index is 0.410. The van der Waals surface area contributed by atoms with Crippen molar-refractivity contribution >= 4 is 34.1 Å². The summed E-state index contributed by atoms with van der Waals surface area (Å²) in [7, 11) is 0. The van der Waals surface area contributed by atoms with Crippen LogP contribution in [-0.4, -0.2) is 0 Å². The zero-order valence-corrected chi connectivity index (χ0v) is 28.0. The van der Waals surface area contributed by atoms with Crippen LogP contribution >= 0.6 is 0 Å². The van der Waals surface area contributed by atoms with Crippen LogP contribution in [0.5, 0.6) is 0 Å². The number of benzene rings is 8. The lowest BCUT2D eigenvalue weighted by Gasteiger charge is -2.45.